The van der Waals surface area contributed by atoms with Crippen LogP contribution in [0.5, 0.6) is 0 Å². The molecule has 1 N–H and O–H groups in total. The van der Waals surface area contributed by atoms with Crippen LogP contribution in [-0.4, -0.2) is 34.5 Å². The molecule has 0 unspecified atom stereocenters. The van der Waals surface area contributed by atoms with E-state index in [0.29, 0.717) is 6.54 Å². The van der Waals surface area contributed by atoms with E-state index in [1.54, 1.807) is 0 Å². The van der Waals surface area contributed by atoms with E-state index in [9.17, 15) is 4.79 Å². The van der Waals surface area contributed by atoms with E-state index in [2.05, 4.69) is 33.8 Å². The second-order valence-electron chi connectivity index (χ2n) is 5.87. The van der Waals surface area contributed by atoms with Crippen LogP contribution in [0.4, 0.5) is 0 Å². The van der Waals surface area contributed by atoms with Crippen molar-refractivity contribution in [1.29, 1.82) is 0 Å². The predicted octanol–water partition coefficient (Wildman–Crippen LogP) is 2.21. The van der Waals surface area contributed by atoms with E-state index < -0.39 is 0 Å². The van der Waals surface area contributed by atoms with E-state index in [-0.39, 0.29) is 11.9 Å². The van der Waals surface area contributed by atoms with Crippen LogP contribution in [0.3, 0.4) is 0 Å². The van der Waals surface area contributed by atoms with Gasteiger partial charge in [0.25, 0.3) is 0 Å². The summed E-state index contributed by atoms with van der Waals surface area (Å²) in [5, 5.41) is 3.07. The van der Waals surface area contributed by atoms with Crippen molar-refractivity contribution in [2.24, 2.45) is 7.05 Å². The Morgan fingerprint density at radius 2 is 1.90 bits per heavy atom. The Kier molecular flexibility index (Phi) is 5.24. The normalized spacial score (nSPS) is 18.6. The molecule has 2 rings (SSSR count). The van der Waals surface area contributed by atoms with Crippen molar-refractivity contribution in [1.82, 2.24) is 14.8 Å². The number of carbonyl (C=O) groups excluding carboxylic acids is 1. The van der Waals surface area contributed by atoms with Gasteiger partial charge < -0.3 is 9.88 Å². The Morgan fingerprint density at radius 1 is 1.25 bits per heavy atom. The van der Waals surface area contributed by atoms with Crippen LogP contribution in [-0.2, 0) is 18.4 Å². The van der Waals surface area contributed by atoms with Gasteiger partial charge >= 0.3 is 0 Å². The van der Waals surface area contributed by atoms with Gasteiger partial charge in [-0.2, -0.15) is 0 Å². The van der Waals surface area contributed by atoms with Crippen LogP contribution < -0.4 is 5.32 Å². The Hall–Kier alpha value is -1.29. The molecule has 1 aromatic rings. The van der Waals surface area contributed by atoms with Crippen molar-refractivity contribution >= 4 is 5.91 Å². The number of aryl methyl sites for hydroxylation is 1. The van der Waals surface area contributed by atoms with Gasteiger partial charge in [-0.1, -0.05) is 12.8 Å². The molecule has 1 aliphatic rings. The highest BCUT2D eigenvalue weighted by Crippen LogP contribution is 2.13. The first-order chi connectivity index (χ1) is 9.59. The lowest BCUT2D eigenvalue weighted by atomic mass is 10.2. The SMILES string of the molecule is Cc1ccc(CNC(=O)[C@H](C)N2CCCCCC2)n1C. The van der Waals surface area contributed by atoms with Gasteiger partial charge in [-0.25, -0.2) is 0 Å². The zero-order chi connectivity index (χ0) is 14.5. The maximum Gasteiger partial charge on any atom is 0.237 e. The molecule has 1 saturated heterocycles. The summed E-state index contributed by atoms with van der Waals surface area (Å²) in [6.07, 6.45) is 5.03. The number of amides is 1. The zero-order valence-corrected chi connectivity index (χ0v) is 13.0. The van der Waals surface area contributed by atoms with Crippen LogP contribution in [0.15, 0.2) is 12.1 Å². The molecule has 4 heteroatoms. The summed E-state index contributed by atoms with van der Waals surface area (Å²) in [5.74, 6) is 0.144. The van der Waals surface area contributed by atoms with Gasteiger partial charge in [-0.3, -0.25) is 9.69 Å². The topological polar surface area (TPSA) is 37.3 Å². The fraction of sp³-hybridized carbons (Fsp3) is 0.688. The second kappa shape index (κ2) is 6.93. The standard InChI is InChI=1S/C16H27N3O/c1-13-8-9-15(18(13)3)12-17-16(20)14(2)19-10-6-4-5-7-11-19/h8-9,14H,4-7,10-12H2,1-3H3,(H,17,20)/t14-/m0/s1. The summed E-state index contributed by atoms with van der Waals surface area (Å²) in [4.78, 5) is 14.6. The molecule has 1 aliphatic heterocycles. The van der Waals surface area contributed by atoms with Crippen LogP contribution in [0.25, 0.3) is 0 Å². The lowest BCUT2D eigenvalue weighted by Gasteiger charge is -2.26. The van der Waals surface area contributed by atoms with Crippen molar-refractivity contribution < 1.29 is 4.79 Å². The van der Waals surface area contributed by atoms with Gasteiger partial charge in [0.1, 0.15) is 0 Å². The molecule has 2 heterocycles. The highest BCUT2D eigenvalue weighted by atomic mass is 16.2. The van der Waals surface area contributed by atoms with Crippen molar-refractivity contribution in [3.8, 4) is 0 Å². The molecule has 1 aromatic heterocycles. The van der Waals surface area contributed by atoms with Crippen LogP contribution >= 0.6 is 0 Å². The molecule has 112 valence electrons. The van der Waals surface area contributed by atoms with Gasteiger partial charge in [0.2, 0.25) is 5.91 Å². The number of nitrogens with one attached hydrogen (secondary N) is 1. The third kappa shape index (κ3) is 3.63. The lowest BCUT2D eigenvalue weighted by Crippen LogP contribution is -2.45. The minimum atomic E-state index is -0.0190. The van der Waals surface area contributed by atoms with Gasteiger partial charge in [-0.15, -0.1) is 0 Å². The molecular weight excluding hydrogens is 250 g/mol. The molecule has 1 atom stereocenters. The first-order valence-electron chi connectivity index (χ1n) is 7.72. The third-order valence-corrected chi connectivity index (χ3v) is 4.49. The molecule has 0 aliphatic carbocycles. The Morgan fingerprint density at radius 3 is 2.45 bits per heavy atom. The Balaban J connectivity index is 1.85. The highest BCUT2D eigenvalue weighted by Gasteiger charge is 2.21. The summed E-state index contributed by atoms with van der Waals surface area (Å²) >= 11 is 0. The fourth-order valence-corrected chi connectivity index (χ4v) is 2.82. The largest absolute Gasteiger partial charge is 0.350 e. The summed E-state index contributed by atoms with van der Waals surface area (Å²) < 4.78 is 2.12. The molecule has 0 saturated carbocycles. The van der Waals surface area contributed by atoms with Crippen molar-refractivity contribution in [2.75, 3.05) is 13.1 Å². The number of carbonyl (C=O) groups is 1. The van der Waals surface area contributed by atoms with Gasteiger partial charge in [0, 0.05) is 18.4 Å². The van der Waals surface area contributed by atoms with Gasteiger partial charge in [-0.05, 0) is 51.9 Å². The van der Waals surface area contributed by atoms with Crippen LogP contribution in [0, 0.1) is 6.92 Å². The molecular formula is C16H27N3O. The third-order valence-electron chi connectivity index (χ3n) is 4.49. The number of nitrogens with zero attached hydrogens (tertiary/aromatic N) is 2. The summed E-state index contributed by atoms with van der Waals surface area (Å²) in [7, 11) is 2.04. The number of hydrogen-bond acceptors (Lipinski definition) is 2. The molecule has 1 fully saturated rings. The Bertz CT molecular complexity index is 445. The molecule has 20 heavy (non-hydrogen) atoms. The number of rotatable bonds is 4. The number of hydrogen-bond donors (Lipinski definition) is 1. The van der Waals surface area contributed by atoms with Crippen molar-refractivity contribution in [3.63, 3.8) is 0 Å². The van der Waals surface area contributed by atoms with E-state index in [4.69, 9.17) is 0 Å². The van der Waals surface area contributed by atoms with Crippen LogP contribution in [0.2, 0.25) is 0 Å². The molecule has 0 aromatic carbocycles. The van der Waals surface area contributed by atoms with E-state index >= 15 is 0 Å². The minimum absolute atomic E-state index is 0.0190. The number of aromatic nitrogens is 1. The molecule has 1 amide bonds. The molecule has 0 spiro atoms. The van der Waals surface area contributed by atoms with Crippen molar-refractivity contribution in [2.45, 2.75) is 52.1 Å². The fourth-order valence-electron chi connectivity index (χ4n) is 2.82. The molecule has 0 bridgehead atoms. The monoisotopic (exact) mass is 277 g/mol. The highest BCUT2D eigenvalue weighted by molar-refractivity contribution is 5.81. The van der Waals surface area contributed by atoms with Gasteiger partial charge in [0.15, 0.2) is 0 Å². The molecule has 4 nitrogen and oxygen atoms in total. The van der Waals surface area contributed by atoms with Gasteiger partial charge in [0.05, 0.1) is 12.6 Å². The quantitative estimate of drug-likeness (QED) is 0.916. The van der Waals surface area contributed by atoms with Crippen molar-refractivity contribution in [3.05, 3.63) is 23.5 Å². The van der Waals surface area contributed by atoms with Crippen LogP contribution in [0.1, 0.15) is 44.0 Å². The second-order valence-corrected chi connectivity index (χ2v) is 5.87. The summed E-state index contributed by atoms with van der Waals surface area (Å²) in [5.41, 5.74) is 2.37. The van der Waals surface area contributed by atoms with E-state index in [0.717, 1.165) is 18.8 Å². The minimum Gasteiger partial charge on any atom is -0.350 e. The van der Waals surface area contributed by atoms with E-state index in [1.807, 2.05) is 14.0 Å². The van der Waals surface area contributed by atoms with E-state index in [1.165, 1.54) is 31.4 Å². The molecule has 0 radical (unpaired) electrons. The zero-order valence-electron chi connectivity index (χ0n) is 13.0. The first-order valence-corrected chi connectivity index (χ1v) is 7.72. The maximum atomic E-state index is 12.3. The number of likely N-dealkylation sites (tertiary alicyclic amines) is 1. The summed E-state index contributed by atoms with van der Waals surface area (Å²) in [6, 6.07) is 4.14. The lowest BCUT2D eigenvalue weighted by molar-refractivity contribution is -0.126. The smallest absolute Gasteiger partial charge is 0.237 e. The summed E-state index contributed by atoms with van der Waals surface area (Å²) in [6.45, 7) is 6.82. The maximum absolute atomic E-state index is 12.3. The first kappa shape index (κ1) is 15.1. The predicted molar refractivity (Wildman–Crippen MR) is 81.5 cm³/mol. The average molecular weight is 277 g/mol. The average Bonchev–Trinajstić information content (AvgIpc) is 2.67. The Labute approximate surface area is 122 Å².